The summed E-state index contributed by atoms with van der Waals surface area (Å²) in [6.45, 7) is 4.54. The van der Waals surface area contributed by atoms with Gasteiger partial charge in [-0.05, 0) is 57.2 Å². The molecule has 2 saturated heterocycles. The summed E-state index contributed by atoms with van der Waals surface area (Å²) in [5.41, 5.74) is 1.06. The van der Waals surface area contributed by atoms with Gasteiger partial charge in [0.15, 0.2) is 0 Å². The predicted octanol–water partition coefficient (Wildman–Crippen LogP) is 2.82. The number of carbonyl (C=O) groups excluding carboxylic acids is 2. The number of carbonyl (C=O) groups is 2. The number of benzene rings is 1. The Morgan fingerprint density at radius 3 is 2.66 bits per heavy atom. The molecule has 2 fully saturated rings. The summed E-state index contributed by atoms with van der Waals surface area (Å²) < 4.78 is 13.4. The molecule has 1 aromatic carbocycles. The molecule has 0 bridgehead atoms. The summed E-state index contributed by atoms with van der Waals surface area (Å²) in [6.07, 6.45) is 4.69. The Morgan fingerprint density at radius 1 is 1.21 bits per heavy atom. The minimum absolute atomic E-state index is 0.00682. The molecule has 3 rings (SSSR count). The third kappa shape index (κ3) is 5.06. The van der Waals surface area contributed by atoms with Gasteiger partial charge >= 0.3 is 0 Å². The molecule has 29 heavy (non-hydrogen) atoms. The zero-order chi connectivity index (χ0) is 20.8. The predicted molar refractivity (Wildman–Crippen MR) is 109 cm³/mol. The molecule has 0 saturated carbocycles. The molecular formula is C22H29FN4O2. The van der Waals surface area contributed by atoms with E-state index in [0.29, 0.717) is 44.5 Å². The van der Waals surface area contributed by atoms with Crippen molar-refractivity contribution in [2.45, 2.75) is 51.5 Å². The summed E-state index contributed by atoms with van der Waals surface area (Å²) in [5.74, 6) is -0.323. The number of hydrogen-bond acceptors (Lipinski definition) is 4. The fourth-order valence-electron chi connectivity index (χ4n) is 4.46. The van der Waals surface area contributed by atoms with Gasteiger partial charge in [-0.15, -0.1) is 0 Å². The van der Waals surface area contributed by atoms with Crippen molar-refractivity contribution >= 4 is 17.5 Å². The molecule has 0 spiro atoms. The van der Waals surface area contributed by atoms with Crippen molar-refractivity contribution < 1.29 is 14.0 Å². The first-order valence-electron chi connectivity index (χ1n) is 10.5. The molecule has 6 nitrogen and oxygen atoms in total. The first-order chi connectivity index (χ1) is 14.0. The summed E-state index contributed by atoms with van der Waals surface area (Å²) in [6, 6.07) is 6.31. The number of nitriles is 1. The Bertz CT molecular complexity index is 784. The highest BCUT2D eigenvalue weighted by molar-refractivity contribution is 5.81. The van der Waals surface area contributed by atoms with Gasteiger partial charge in [-0.1, -0.05) is 0 Å². The van der Waals surface area contributed by atoms with Gasteiger partial charge in [-0.2, -0.15) is 5.26 Å². The van der Waals surface area contributed by atoms with Gasteiger partial charge in [0.05, 0.1) is 11.3 Å². The van der Waals surface area contributed by atoms with Crippen molar-refractivity contribution in [1.29, 1.82) is 5.26 Å². The van der Waals surface area contributed by atoms with Gasteiger partial charge in [-0.25, -0.2) is 4.39 Å². The number of piperidine rings is 2. The van der Waals surface area contributed by atoms with Gasteiger partial charge in [0.25, 0.3) is 0 Å². The average molecular weight is 400 g/mol. The highest BCUT2D eigenvalue weighted by atomic mass is 19.1. The van der Waals surface area contributed by atoms with E-state index in [1.165, 1.54) is 12.1 Å². The maximum Gasteiger partial charge on any atom is 0.226 e. The first kappa shape index (κ1) is 21.1. The number of hydrogen-bond donors (Lipinski definition) is 1. The second-order valence-corrected chi connectivity index (χ2v) is 7.87. The Labute approximate surface area is 171 Å². The topological polar surface area (TPSA) is 76.4 Å². The van der Waals surface area contributed by atoms with Crippen molar-refractivity contribution in [2.24, 2.45) is 5.92 Å². The Hall–Kier alpha value is -2.62. The van der Waals surface area contributed by atoms with Crippen molar-refractivity contribution in [3.05, 3.63) is 29.6 Å². The first-order valence-corrected chi connectivity index (χ1v) is 10.5. The van der Waals surface area contributed by atoms with Crippen LogP contribution in [0.4, 0.5) is 10.1 Å². The summed E-state index contributed by atoms with van der Waals surface area (Å²) in [4.78, 5) is 29.2. The van der Waals surface area contributed by atoms with Gasteiger partial charge in [-0.3, -0.25) is 9.59 Å². The Kier molecular flexibility index (Phi) is 7.08. The smallest absolute Gasteiger partial charge is 0.226 e. The van der Waals surface area contributed by atoms with Crippen molar-refractivity contribution in [1.82, 2.24) is 10.2 Å². The van der Waals surface area contributed by atoms with Crippen LogP contribution in [0.25, 0.3) is 0 Å². The molecule has 2 aliphatic heterocycles. The molecule has 1 aromatic rings. The highest BCUT2D eigenvalue weighted by Gasteiger charge is 2.34. The zero-order valence-electron chi connectivity index (χ0n) is 17.0. The molecule has 0 aliphatic carbocycles. The van der Waals surface area contributed by atoms with E-state index in [4.69, 9.17) is 0 Å². The third-order valence-corrected chi connectivity index (χ3v) is 5.97. The van der Waals surface area contributed by atoms with Crippen LogP contribution in [-0.4, -0.2) is 48.9 Å². The van der Waals surface area contributed by atoms with Gasteiger partial charge in [0, 0.05) is 44.6 Å². The van der Waals surface area contributed by atoms with Crippen LogP contribution < -0.4 is 10.2 Å². The van der Waals surface area contributed by atoms with Crippen LogP contribution in [0.3, 0.4) is 0 Å². The highest BCUT2D eigenvalue weighted by Crippen LogP contribution is 2.30. The van der Waals surface area contributed by atoms with E-state index in [-0.39, 0.29) is 23.8 Å². The molecule has 156 valence electrons. The summed E-state index contributed by atoms with van der Waals surface area (Å²) in [5, 5.41) is 12.1. The van der Waals surface area contributed by atoms with Crippen LogP contribution in [-0.2, 0) is 9.59 Å². The zero-order valence-corrected chi connectivity index (χ0v) is 17.0. The van der Waals surface area contributed by atoms with Crippen LogP contribution in [0.15, 0.2) is 18.2 Å². The fourth-order valence-corrected chi connectivity index (χ4v) is 4.46. The lowest BCUT2D eigenvalue weighted by Crippen LogP contribution is -2.50. The normalized spacial score (nSPS) is 20.2. The van der Waals surface area contributed by atoms with E-state index >= 15 is 0 Å². The molecular weight excluding hydrogens is 371 g/mol. The quantitative estimate of drug-likeness (QED) is 0.825. The van der Waals surface area contributed by atoms with E-state index in [1.54, 1.807) is 6.07 Å². The Morgan fingerprint density at radius 2 is 1.97 bits per heavy atom. The van der Waals surface area contributed by atoms with E-state index in [0.717, 1.165) is 31.5 Å². The number of nitrogens with one attached hydrogen (secondary N) is 1. The molecule has 7 heteroatoms. The largest absolute Gasteiger partial charge is 0.370 e. The average Bonchev–Trinajstić information content (AvgIpc) is 2.74. The molecule has 1 N–H and O–H groups in total. The maximum absolute atomic E-state index is 13.4. The Balaban J connectivity index is 1.61. The van der Waals surface area contributed by atoms with Crippen molar-refractivity contribution in [3.8, 4) is 6.07 Å². The van der Waals surface area contributed by atoms with Crippen LogP contribution in [0.5, 0.6) is 0 Å². The number of rotatable bonds is 5. The van der Waals surface area contributed by atoms with Crippen LogP contribution in [0.1, 0.15) is 51.0 Å². The maximum atomic E-state index is 13.4. The molecule has 2 amide bonds. The van der Waals surface area contributed by atoms with E-state index < -0.39 is 5.82 Å². The minimum Gasteiger partial charge on any atom is -0.370 e. The van der Waals surface area contributed by atoms with Gasteiger partial charge in [0.2, 0.25) is 11.8 Å². The standard InChI is InChI=1S/C22H29FN4O2/c1-2-25-21(28)14-19-5-3-4-10-27(19)22(29)16-8-11-26(12-9-16)20-7-6-18(23)13-17(20)15-24/h6-7,13,16,19H,2-5,8-12,14H2,1H3,(H,25,28). The van der Waals surface area contributed by atoms with Crippen molar-refractivity contribution in [2.75, 3.05) is 31.1 Å². The minimum atomic E-state index is -0.418. The molecule has 1 atom stereocenters. The number of nitrogens with zero attached hydrogens (tertiary/aromatic N) is 3. The molecule has 0 aromatic heterocycles. The van der Waals surface area contributed by atoms with Gasteiger partial charge < -0.3 is 15.1 Å². The number of anilines is 1. The monoisotopic (exact) mass is 400 g/mol. The SMILES string of the molecule is CCNC(=O)CC1CCCCN1C(=O)C1CCN(c2ccc(F)cc2C#N)CC1. The van der Waals surface area contributed by atoms with Crippen LogP contribution >= 0.6 is 0 Å². The fraction of sp³-hybridized carbons (Fsp3) is 0.591. The second-order valence-electron chi connectivity index (χ2n) is 7.87. The van der Waals surface area contributed by atoms with E-state index in [2.05, 4.69) is 16.3 Å². The third-order valence-electron chi connectivity index (χ3n) is 5.97. The molecule has 2 heterocycles. The number of halogens is 1. The van der Waals surface area contributed by atoms with E-state index in [9.17, 15) is 19.2 Å². The van der Waals surface area contributed by atoms with Crippen LogP contribution in [0, 0.1) is 23.1 Å². The number of likely N-dealkylation sites (tertiary alicyclic amines) is 1. The molecule has 2 aliphatic rings. The van der Waals surface area contributed by atoms with Crippen LogP contribution in [0.2, 0.25) is 0 Å². The van der Waals surface area contributed by atoms with E-state index in [1.807, 2.05) is 11.8 Å². The summed E-state index contributed by atoms with van der Waals surface area (Å²) in [7, 11) is 0. The molecule has 0 radical (unpaired) electrons. The molecule has 1 unspecified atom stereocenters. The van der Waals surface area contributed by atoms with Crippen molar-refractivity contribution in [3.63, 3.8) is 0 Å². The van der Waals surface area contributed by atoms with Gasteiger partial charge in [0.1, 0.15) is 11.9 Å². The second kappa shape index (κ2) is 9.73. The lowest BCUT2D eigenvalue weighted by molar-refractivity contribution is -0.141. The lowest BCUT2D eigenvalue weighted by atomic mass is 9.91. The summed E-state index contributed by atoms with van der Waals surface area (Å²) >= 11 is 0. The lowest BCUT2D eigenvalue weighted by Gasteiger charge is -2.40. The number of amides is 2.